The Morgan fingerprint density at radius 3 is 3.05 bits per heavy atom. The molecule has 20 heavy (non-hydrogen) atoms. The van der Waals surface area contributed by atoms with Crippen LogP contribution in [-0.2, 0) is 27.9 Å². The van der Waals surface area contributed by atoms with Crippen LogP contribution in [0.25, 0.3) is 0 Å². The van der Waals surface area contributed by atoms with E-state index in [9.17, 15) is 8.42 Å². The molecule has 2 aromatic heterocycles. The number of hydrogen-bond donors (Lipinski definition) is 2. The number of thiophene rings is 1. The average Bonchev–Trinajstić information content (AvgIpc) is 3.04. The Balaban J connectivity index is 2.14. The first-order chi connectivity index (χ1) is 9.56. The van der Waals surface area contributed by atoms with Crippen molar-refractivity contribution in [3.63, 3.8) is 0 Å². The van der Waals surface area contributed by atoms with E-state index in [0.29, 0.717) is 23.7 Å². The summed E-state index contributed by atoms with van der Waals surface area (Å²) < 4.78 is 33.3. The highest BCUT2D eigenvalue weighted by Gasteiger charge is 2.20. The predicted molar refractivity (Wildman–Crippen MR) is 75.2 cm³/mol. The van der Waals surface area contributed by atoms with Gasteiger partial charge >= 0.3 is 0 Å². The zero-order chi connectivity index (χ0) is 14.6. The maximum atomic E-state index is 12.2. The quantitative estimate of drug-likeness (QED) is 0.791. The molecule has 0 amide bonds. The number of aliphatic hydroxyl groups excluding tert-OH is 1. The molecule has 0 radical (unpaired) electrons. The Labute approximate surface area is 120 Å². The van der Waals surface area contributed by atoms with Gasteiger partial charge in [-0.1, -0.05) is 0 Å². The third kappa shape index (κ3) is 3.37. The van der Waals surface area contributed by atoms with Gasteiger partial charge in [0.1, 0.15) is 4.90 Å². The third-order valence-electron chi connectivity index (χ3n) is 2.55. The summed E-state index contributed by atoms with van der Waals surface area (Å²) in [6.07, 6.45) is 3.01. The summed E-state index contributed by atoms with van der Waals surface area (Å²) in [5, 5.41) is 14.8. The average molecular weight is 317 g/mol. The highest BCUT2D eigenvalue weighted by atomic mass is 32.2. The highest BCUT2D eigenvalue weighted by molar-refractivity contribution is 7.93. The number of sulfonamides is 1. The largest absolute Gasteiger partial charge is 0.391 e. The van der Waals surface area contributed by atoms with E-state index in [1.54, 1.807) is 23.4 Å². The standard InChI is InChI=1S/C11H15N3O4S2/c1-18-4-3-14-7-9(6-12-14)13-20(16,17)11-2-5-19-10(11)8-15/h2,5-7,13,15H,3-4,8H2,1H3. The molecule has 0 spiro atoms. The van der Waals surface area contributed by atoms with Gasteiger partial charge in [0.05, 0.1) is 36.5 Å². The fourth-order valence-electron chi connectivity index (χ4n) is 1.62. The van der Waals surface area contributed by atoms with Gasteiger partial charge in [-0.25, -0.2) is 8.42 Å². The Hall–Kier alpha value is -1.42. The van der Waals surface area contributed by atoms with Crippen LogP contribution in [0.15, 0.2) is 28.7 Å². The van der Waals surface area contributed by atoms with Crippen molar-refractivity contribution in [2.45, 2.75) is 18.0 Å². The maximum absolute atomic E-state index is 12.2. The van der Waals surface area contributed by atoms with Gasteiger partial charge in [-0.05, 0) is 11.4 Å². The molecule has 0 aliphatic heterocycles. The van der Waals surface area contributed by atoms with Crippen LogP contribution in [0, 0.1) is 0 Å². The van der Waals surface area contributed by atoms with Crippen LogP contribution in [0.3, 0.4) is 0 Å². The summed E-state index contributed by atoms with van der Waals surface area (Å²) in [7, 11) is -2.12. The predicted octanol–water partition coefficient (Wildman–Crippen LogP) is 0.884. The van der Waals surface area contributed by atoms with E-state index >= 15 is 0 Å². The topological polar surface area (TPSA) is 93.5 Å². The summed E-state index contributed by atoms with van der Waals surface area (Å²) in [4.78, 5) is 0.499. The lowest BCUT2D eigenvalue weighted by Crippen LogP contribution is -2.13. The first-order valence-corrected chi connectivity index (χ1v) is 8.14. The van der Waals surface area contributed by atoms with Crippen LogP contribution < -0.4 is 4.72 Å². The number of ether oxygens (including phenoxy) is 1. The zero-order valence-corrected chi connectivity index (χ0v) is 12.4. The molecule has 110 valence electrons. The lowest BCUT2D eigenvalue weighted by atomic mass is 10.5. The van der Waals surface area contributed by atoms with Crippen LogP contribution in [0.2, 0.25) is 0 Å². The lowest BCUT2D eigenvalue weighted by molar-refractivity contribution is 0.183. The second-order valence-corrected chi connectivity index (χ2v) is 6.61. The van der Waals surface area contributed by atoms with Gasteiger partial charge in [0.2, 0.25) is 0 Å². The summed E-state index contributed by atoms with van der Waals surface area (Å²) in [6, 6.07) is 1.47. The van der Waals surface area contributed by atoms with Gasteiger partial charge < -0.3 is 9.84 Å². The van der Waals surface area contributed by atoms with E-state index in [-0.39, 0.29) is 11.5 Å². The van der Waals surface area contributed by atoms with Crippen LogP contribution in [0.5, 0.6) is 0 Å². The van der Waals surface area contributed by atoms with Crippen molar-refractivity contribution >= 4 is 27.0 Å². The Bertz CT molecular complexity index is 663. The fraction of sp³-hybridized carbons (Fsp3) is 0.364. The van der Waals surface area contributed by atoms with E-state index in [2.05, 4.69) is 9.82 Å². The summed E-state index contributed by atoms with van der Waals surface area (Å²) in [5.74, 6) is 0. The zero-order valence-electron chi connectivity index (χ0n) is 10.8. The number of aliphatic hydroxyl groups is 1. The number of anilines is 1. The van der Waals surface area contributed by atoms with E-state index in [0.717, 1.165) is 0 Å². The van der Waals surface area contributed by atoms with E-state index < -0.39 is 10.0 Å². The molecule has 2 heterocycles. The summed E-state index contributed by atoms with van der Waals surface area (Å²) >= 11 is 1.20. The molecule has 0 atom stereocenters. The van der Waals surface area contributed by atoms with Crippen molar-refractivity contribution in [2.24, 2.45) is 0 Å². The van der Waals surface area contributed by atoms with E-state index in [4.69, 9.17) is 9.84 Å². The number of nitrogens with one attached hydrogen (secondary N) is 1. The molecule has 0 fully saturated rings. The summed E-state index contributed by atoms with van der Waals surface area (Å²) in [6.45, 7) is 0.729. The molecular weight excluding hydrogens is 302 g/mol. The molecule has 0 unspecified atom stereocenters. The van der Waals surface area contributed by atoms with Gasteiger partial charge in [-0.3, -0.25) is 9.40 Å². The normalized spacial score (nSPS) is 11.7. The molecule has 0 aromatic carbocycles. The monoisotopic (exact) mass is 317 g/mol. The maximum Gasteiger partial charge on any atom is 0.263 e. The molecule has 7 nitrogen and oxygen atoms in total. The Morgan fingerprint density at radius 1 is 1.55 bits per heavy atom. The minimum Gasteiger partial charge on any atom is -0.391 e. The number of rotatable bonds is 7. The summed E-state index contributed by atoms with van der Waals surface area (Å²) in [5.41, 5.74) is 0.371. The Morgan fingerprint density at radius 2 is 2.35 bits per heavy atom. The molecule has 2 aromatic rings. The van der Waals surface area contributed by atoms with Crippen LogP contribution >= 0.6 is 11.3 Å². The van der Waals surface area contributed by atoms with Crippen LogP contribution in [0.4, 0.5) is 5.69 Å². The minimum atomic E-state index is -3.70. The number of nitrogens with zero attached hydrogens (tertiary/aromatic N) is 2. The highest BCUT2D eigenvalue weighted by Crippen LogP contribution is 2.24. The van der Waals surface area contributed by atoms with Crippen molar-refractivity contribution < 1.29 is 18.3 Å². The smallest absolute Gasteiger partial charge is 0.263 e. The van der Waals surface area contributed by atoms with E-state index in [1.807, 2.05) is 0 Å². The molecule has 0 aliphatic rings. The van der Waals surface area contributed by atoms with Gasteiger partial charge in [0, 0.05) is 13.3 Å². The van der Waals surface area contributed by atoms with Crippen molar-refractivity contribution in [1.82, 2.24) is 9.78 Å². The molecule has 9 heteroatoms. The molecule has 2 rings (SSSR count). The van der Waals surface area contributed by atoms with Crippen molar-refractivity contribution in [3.8, 4) is 0 Å². The molecular formula is C11H15N3O4S2. The minimum absolute atomic E-state index is 0.0923. The van der Waals surface area contributed by atoms with Gasteiger partial charge in [-0.15, -0.1) is 11.3 Å². The molecule has 0 saturated carbocycles. The number of methoxy groups -OCH3 is 1. The first-order valence-electron chi connectivity index (χ1n) is 5.78. The molecule has 0 aliphatic carbocycles. The molecule has 0 bridgehead atoms. The van der Waals surface area contributed by atoms with E-state index in [1.165, 1.54) is 23.6 Å². The third-order valence-corrected chi connectivity index (χ3v) is 5.05. The van der Waals surface area contributed by atoms with Gasteiger partial charge in [0.15, 0.2) is 0 Å². The van der Waals surface area contributed by atoms with Crippen molar-refractivity contribution in [1.29, 1.82) is 0 Å². The van der Waals surface area contributed by atoms with Gasteiger partial charge in [0.25, 0.3) is 10.0 Å². The number of hydrogen-bond acceptors (Lipinski definition) is 6. The second-order valence-electron chi connectivity index (χ2n) is 3.96. The van der Waals surface area contributed by atoms with Crippen molar-refractivity contribution in [3.05, 3.63) is 28.7 Å². The fourth-order valence-corrected chi connectivity index (χ4v) is 3.94. The van der Waals surface area contributed by atoms with Crippen LogP contribution in [0.1, 0.15) is 4.88 Å². The lowest BCUT2D eigenvalue weighted by Gasteiger charge is -2.05. The molecule has 2 N–H and O–H groups in total. The SMILES string of the molecule is COCCn1cc(NS(=O)(=O)c2ccsc2CO)cn1. The van der Waals surface area contributed by atoms with Crippen LogP contribution in [-0.4, -0.2) is 37.0 Å². The molecule has 0 saturated heterocycles. The Kier molecular flexibility index (Phi) is 4.76. The van der Waals surface area contributed by atoms with Gasteiger partial charge in [-0.2, -0.15) is 5.10 Å². The first kappa shape index (κ1) is 15.0. The number of aromatic nitrogens is 2. The van der Waals surface area contributed by atoms with Crippen molar-refractivity contribution in [2.75, 3.05) is 18.4 Å². The second kappa shape index (κ2) is 6.35.